The number of nitrogens with zero attached hydrogens (tertiary/aromatic N) is 2. The van der Waals surface area contributed by atoms with Crippen LogP contribution in [0.5, 0.6) is 0 Å². The van der Waals surface area contributed by atoms with Gasteiger partial charge < -0.3 is 4.74 Å². The fourth-order valence-corrected chi connectivity index (χ4v) is 4.19. The first-order valence-corrected chi connectivity index (χ1v) is 8.72. The molecule has 1 aromatic heterocycles. The van der Waals surface area contributed by atoms with Gasteiger partial charge in [-0.05, 0) is 48.8 Å². The van der Waals surface area contributed by atoms with Crippen molar-refractivity contribution in [3.8, 4) is 0 Å². The highest BCUT2D eigenvalue weighted by atomic mass is 16.6. The molecule has 2 bridgehead atoms. The largest absolute Gasteiger partial charge is 0.445 e. The molecule has 5 rings (SSSR count). The summed E-state index contributed by atoms with van der Waals surface area (Å²) in [6.45, 7) is 0.327. The Kier molecular flexibility index (Phi) is 4.20. The van der Waals surface area contributed by atoms with Crippen LogP contribution in [0.3, 0.4) is 0 Å². The molecule has 4 heteroatoms. The predicted octanol–water partition coefficient (Wildman–Crippen LogP) is 4.33. The molecule has 0 N–H and O–H groups in total. The lowest BCUT2D eigenvalue weighted by atomic mass is 9.73. The van der Waals surface area contributed by atoms with Gasteiger partial charge in [0, 0.05) is 18.4 Å². The molecule has 3 aliphatic rings. The maximum absolute atomic E-state index is 12.8. The topological polar surface area (TPSA) is 42.4 Å². The number of carbonyl (C=O) groups excluding carboxylic acids is 1. The SMILES string of the molecule is O=C(OCc1ccccc1)N1C2CCC(CC2)C1c1cccnc1. The van der Waals surface area contributed by atoms with Crippen molar-refractivity contribution in [2.24, 2.45) is 5.92 Å². The summed E-state index contributed by atoms with van der Waals surface area (Å²) in [5, 5.41) is 0. The molecule has 1 saturated carbocycles. The fourth-order valence-electron chi connectivity index (χ4n) is 4.19. The Labute approximate surface area is 142 Å². The van der Waals surface area contributed by atoms with Crippen molar-refractivity contribution in [3.63, 3.8) is 0 Å². The summed E-state index contributed by atoms with van der Waals surface area (Å²) in [4.78, 5) is 19.1. The average molecular weight is 322 g/mol. The number of fused-ring (bicyclic) bond motifs is 3. The molecule has 2 saturated heterocycles. The Morgan fingerprint density at radius 3 is 2.58 bits per heavy atom. The molecule has 3 heterocycles. The molecule has 1 amide bonds. The lowest BCUT2D eigenvalue weighted by Gasteiger charge is -2.50. The molecule has 2 aromatic rings. The van der Waals surface area contributed by atoms with Gasteiger partial charge >= 0.3 is 6.09 Å². The van der Waals surface area contributed by atoms with E-state index in [2.05, 4.69) is 11.1 Å². The van der Waals surface area contributed by atoms with Crippen molar-refractivity contribution in [2.45, 2.75) is 44.4 Å². The highest BCUT2D eigenvalue weighted by molar-refractivity contribution is 5.69. The summed E-state index contributed by atoms with van der Waals surface area (Å²) in [6.07, 6.45) is 8.02. The third-order valence-corrected chi connectivity index (χ3v) is 5.32. The van der Waals surface area contributed by atoms with Crippen molar-refractivity contribution in [2.75, 3.05) is 0 Å². The Balaban J connectivity index is 1.53. The van der Waals surface area contributed by atoms with Crippen LogP contribution in [-0.4, -0.2) is 22.0 Å². The number of carbonyl (C=O) groups is 1. The van der Waals surface area contributed by atoms with Gasteiger partial charge in [0.05, 0.1) is 6.04 Å². The molecule has 24 heavy (non-hydrogen) atoms. The number of aromatic nitrogens is 1. The normalized spacial score (nSPS) is 25.5. The molecule has 124 valence electrons. The van der Waals surface area contributed by atoms with Crippen LogP contribution in [0.1, 0.15) is 42.9 Å². The van der Waals surface area contributed by atoms with E-state index in [4.69, 9.17) is 4.74 Å². The molecular weight excluding hydrogens is 300 g/mol. The number of pyridine rings is 1. The first-order valence-electron chi connectivity index (χ1n) is 8.72. The van der Waals surface area contributed by atoms with E-state index in [1.54, 1.807) is 6.20 Å². The van der Waals surface area contributed by atoms with E-state index >= 15 is 0 Å². The van der Waals surface area contributed by atoms with Crippen molar-refractivity contribution in [1.82, 2.24) is 9.88 Å². The minimum atomic E-state index is -0.192. The number of piperidine rings is 2. The fraction of sp³-hybridized carbons (Fsp3) is 0.400. The number of hydrogen-bond donors (Lipinski definition) is 0. The molecule has 0 spiro atoms. The standard InChI is InChI=1S/C20H22N2O2/c23-20(24-14-15-5-2-1-3-6-15)22-18-10-8-16(9-11-18)19(22)17-7-4-12-21-13-17/h1-7,12-13,16,18-19H,8-11,14H2. The van der Waals surface area contributed by atoms with Gasteiger partial charge in [0.2, 0.25) is 0 Å². The molecule has 4 nitrogen and oxygen atoms in total. The summed E-state index contributed by atoms with van der Waals surface area (Å²) < 4.78 is 5.64. The Morgan fingerprint density at radius 1 is 1.08 bits per heavy atom. The highest BCUT2D eigenvalue weighted by Crippen LogP contribution is 2.47. The first-order chi connectivity index (χ1) is 11.8. The first kappa shape index (κ1) is 15.2. The number of amides is 1. The quantitative estimate of drug-likeness (QED) is 0.844. The van der Waals surface area contributed by atoms with E-state index in [9.17, 15) is 4.79 Å². The molecule has 1 aromatic carbocycles. The van der Waals surface area contributed by atoms with Crippen LogP contribution in [0.4, 0.5) is 4.79 Å². The summed E-state index contributed by atoms with van der Waals surface area (Å²) >= 11 is 0. The summed E-state index contributed by atoms with van der Waals surface area (Å²) in [7, 11) is 0. The maximum atomic E-state index is 12.8. The lowest BCUT2D eigenvalue weighted by molar-refractivity contribution is -0.0167. The zero-order valence-electron chi connectivity index (χ0n) is 13.7. The predicted molar refractivity (Wildman–Crippen MR) is 91.2 cm³/mol. The Hall–Kier alpha value is -2.36. The van der Waals surface area contributed by atoms with E-state index in [0.717, 1.165) is 24.0 Å². The van der Waals surface area contributed by atoms with Gasteiger partial charge in [-0.3, -0.25) is 9.88 Å². The van der Waals surface area contributed by atoms with Crippen LogP contribution < -0.4 is 0 Å². The summed E-state index contributed by atoms with van der Waals surface area (Å²) in [5.74, 6) is 0.517. The van der Waals surface area contributed by atoms with E-state index in [1.165, 1.54) is 12.8 Å². The minimum Gasteiger partial charge on any atom is -0.445 e. The molecule has 1 unspecified atom stereocenters. The lowest BCUT2D eigenvalue weighted by Crippen LogP contribution is -2.52. The molecule has 2 aliphatic heterocycles. The Bertz CT molecular complexity index is 681. The second-order valence-electron chi connectivity index (χ2n) is 6.75. The molecule has 1 aliphatic carbocycles. The zero-order valence-corrected chi connectivity index (χ0v) is 13.7. The van der Waals surface area contributed by atoms with Gasteiger partial charge in [0.1, 0.15) is 6.61 Å². The van der Waals surface area contributed by atoms with Crippen LogP contribution in [0, 0.1) is 5.92 Å². The highest BCUT2D eigenvalue weighted by Gasteiger charge is 2.45. The van der Waals surface area contributed by atoms with E-state index in [-0.39, 0.29) is 12.1 Å². The zero-order chi connectivity index (χ0) is 16.4. The van der Waals surface area contributed by atoms with Crippen LogP contribution in [0.15, 0.2) is 54.9 Å². The van der Waals surface area contributed by atoms with Crippen LogP contribution in [0.2, 0.25) is 0 Å². The van der Waals surface area contributed by atoms with Gasteiger partial charge in [0.25, 0.3) is 0 Å². The maximum Gasteiger partial charge on any atom is 0.410 e. The van der Waals surface area contributed by atoms with Crippen molar-refractivity contribution >= 4 is 6.09 Å². The van der Waals surface area contributed by atoms with Gasteiger partial charge in [-0.2, -0.15) is 0 Å². The number of ether oxygens (including phenoxy) is 1. The monoisotopic (exact) mass is 322 g/mol. The van der Waals surface area contributed by atoms with Crippen molar-refractivity contribution < 1.29 is 9.53 Å². The summed E-state index contributed by atoms with van der Waals surface area (Å²) in [5.41, 5.74) is 2.15. The van der Waals surface area contributed by atoms with E-state index in [0.29, 0.717) is 18.6 Å². The second kappa shape index (κ2) is 6.63. The van der Waals surface area contributed by atoms with Gasteiger partial charge in [0.15, 0.2) is 0 Å². The third kappa shape index (κ3) is 2.88. The number of rotatable bonds is 3. The number of benzene rings is 1. The van der Waals surface area contributed by atoms with Crippen LogP contribution in [0.25, 0.3) is 0 Å². The van der Waals surface area contributed by atoms with E-state index in [1.807, 2.05) is 47.5 Å². The van der Waals surface area contributed by atoms with Crippen LogP contribution >= 0.6 is 0 Å². The summed E-state index contributed by atoms with van der Waals surface area (Å²) in [6, 6.07) is 14.3. The number of hydrogen-bond acceptors (Lipinski definition) is 3. The smallest absolute Gasteiger partial charge is 0.410 e. The molecule has 3 fully saturated rings. The van der Waals surface area contributed by atoms with Gasteiger partial charge in [-0.15, -0.1) is 0 Å². The third-order valence-electron chi connectivity index (χ3n) is 5.32. The molecule has 1 atom stereocenters. The van der Waals surface area contributed by atoms with E-state index < -0.39 is 0 Å². The van der Waals surface area contributed by atoms with Crippen molar-refractivity contribution in [1.29, 1.82) is 0 Å². The molecule has 0 radical (unpaired) electrons. The van der Waals surface area contributed by atoms with Gasteiger partial charge in [-0.25, -0.2) is 4.79 Å². The molecular formula is C20H22N2O2. The van der Waals surface area contributed by atoms with Crippen molar-refractivity contribution in [3.05, 3.63) is 66.0 Å². The van der Waals surface area contributed by atoms with Crippen LogP contribution in [-0.2, 0) is 11.3 Å². The Morgan fingerprint density at radius 2 is 1.88 bits per heavy atom. The average Bonchev–Trinajstić information content (AvgIpc) is 2.68. The van der Waals surface area contributed by atoms with Gasteiger partial charge in [-0.1, -0.05) is 36.4 Å². The second-order valence-corrected chi connectivity index (χ2v) is 6.75. The minimum absolute atomic E-state index is 0.106.